The molecule has 1 fully saturated rings. The Balaban J connectivity index is 1.71. The first-order chi connectivity index (χ1) is 18.4. The molecule has 2 aromatic carbocycles. The lowest BCUT2D eigenvalue weighted by Gasteiger charge is -2.30. The lowest BCUT2D eigenvalue weighted by molar-refractivity contribution is -0.384. The summed E-state index contributed by atoms with van der Waals surface area (Å²) in [5.41, 5.74) is 2.71. The summed E-state index contributed by atoms with van der Waals surface area (Å²) in [7, 11) is 0. The lowest BCUT2D eigenvalue weighted by atomic mass is 9.96. The molecule has 9 nitrogen and oxygen atoms in total. The van der Waals surface area contributed by atoms with E-state index in [-0.39, 0.29) is 17.9 Å². The highest BCUT2D eigenvalue weighted by atomic mass is 32.1. The zero-order chi connectivity index (χ0) is 26.8. The molecule has 196 valence electrons. The minimum Gasteiger partial charge on any atom is -0.463 e. The average molecular weight is 533 g/mol. The molecule has 10 heteroatoms. The maximum Gasteiger partial charge on any atom is 0.338 e. The number of allylic oxidation sites excluding steroid dienone is 1. The van der Waals surface area contributed by atoms with Crippen molar-refractivity contribution in [2.45, 2.75) is 39.2 Å². The zero-order valence-electron chi connectivity index (χ0n) is 21.3. The predicted molar refractivity (Wildman–Crippen MR) is 146 cm³/mol. The van der Waals surface area contributed by atoms with Crippen LogP contribution in [0.3, 0.4) is 0 Å². The molecule has 3 heterocycles. The fourth-order valence-electron chi connectivity index (χ4n) is 5.08. The van der Waals surface area contributed by atoms with E-state index in [1.54, 1.807) is 26.0 Å². The number of benzene rings is 2. The van der Waals surface area contributed by atoms with E-state index in [9.17, 15) is 19.7 Å². The molecule has 2 aliphatic heterocycles. The van der Waals surface area contributed by atoms with E-state index in [2.05, 4.69) is 9.89 Å². The summed E-state index contributed by atoms with van der Waals surface area (Å²) in [5, 5.41) is 11.6. The second-order valence-corrected chi connectivity index (χ2v) is 10.3. The number of carbonyl (C=O) groups excluding carboxylic acids is 1. The fraction of sp³-hybridized carbons (Fsp3) is 0.321. The summed E-state index contributed by atoms with van der Waals surface area (Å²) < 4.78 is 7.25. The molecular weight excluding hydrogens is 504 g/mol. The number of ether oxygens (including phenoxy) is 1. The second-order valence-electron chi connectivity index (χ2n) is 9.26. The van der Waals surface area contributed by atoms with Crippen LogP contribution in [0.4, 0.5) is 11.4 Å². The topological polar surface area (TPSA) is 107 Å². The van der Waals surface area contributed by atoms with E-state index < -0.39 is 16.9 Å². The van der Waals surface area contributed by atoms with Crippen LogP contribution in [0.2, 0.25) is 0 Å². The summed E-state index contributed by atoms with van der Waals surface area (Å²) in [6.45, 7) is 5.40. The number of nitro groups is 1. The normalized spacial score (nSPS) is 17.7. The first-order valence-corrected chi connectivity index (χ1v) is 13.5. The van der Waals surface area contributed by atoms with Crippen LogP contribution < -0.4 is 19.8 Å². The van der Waals surface area contributed by atoms with Crippen LogP contribution in [0, 0.1) is 10.1 Å². The SMILES string of the molecule is CCOC(=O)C1=C(C)N=c2s/c(=C/c3cc([N+](=O)[O-])ccc3N3CCCCC3)c(=O)n2C1c1ccccc1. The minimum absolute atomic E-state index is 0.0348. The maximum atomic E-state index is 13.9. The average Bonchev–Trinajstić information content (AvgIpc) is 3.22. The van der Waals surface area contributed by atoms with Gasteiger partial charge in [0.15, 0.2) is 4.80 Å². The van der Waals surface area contributed by atoms with Crippen molar-refractivity contribution >= 4 is 34.8 Å². The van der Waals surface area contributed by atoms with Gasteiger partial charge in [0.2, 0.25) is 0 Å². The monoisotopic (exact) mass is 532 g/mol. The molecule has 2 aliphatic rings. The largest absolute Gasteiger partial charge is 0.463 e. The molecule has 0 spiro atoms. The summed E-state index contributed by atoms with van der Waals surface area (Å²) >= 11 is 1.21. The number of thiazole rings is 1. The Morgan fingerprint density at radius 3 is 2.61 bits per heavy atom. The number of nitro benzene ring substituents is 1. The van der Waals surface area contributed by atoms with Gasteiger partial charge in [0.05, 0.1) is 33.4 Å². The molecule has 1 saturated heterocycles. The van der Waals surface area contributed by atoms with Crippen LogP contribution in [0.25, 0.3) is 6.08 Å². The Hall–Kier alpha value is -4.05. The quantitative estimate of drug-likeness (QED) is 0.272. The number of rotatable bonds is 6. The Morgan fingerprint density at radius 1 is 1.18 bits per heavy atom. The minimum atomic E-state index is -0.694. The predicted octanol–water partition coefficient (Wildman–Crippen LogP) is 3.70. The third kappa shape index (κ3) is 4.79. The fourth-order valence-corrected chi connectivity index (χ4v) is 6.11. The van der Waals surface area contributed by atoms with E-state index in [0.717, 1.165) is 43.6 Å². The van der Waals surface area contributed by atoms with Gasteiger partial charge in [-0.1, -0.05) is 41.7 Å². The number of non-ortho nitro benzene ring substituents is 1. The standard InChI is InChI=1S/C28H28N4O5S/c1-3-37-27(34)24-18(2)29-28-31(25(24)19-10-6-4-7-11-19)26(33)23(38-28)17-20-16-21(32(35)36)12-13-22(20)30-14-8-5-9-15-30/h4,6-7,10-13,16-17,25H,3,5,8-9,14-15H2,1-2H3/b23-17+. The highest BCUT2D eigenvalue weighted by Crippen LogP contribution is 2.31. The molecule has 1 unspecified atom stereocenters. The molecule has 5 rings (SSSR count). The van der Waals surface area contributed by atoms with Gasteiger partial charge in [-0.25, -0.2) is 9.79 Å². The van der Waals surface area contributed by atoms with Crippen LogP contribution in [0.1, 0.15) is 50.3 Å². The van der Waals surface area contributed by atoms with Crippen molar-refractivity contribution in [3.05, 3.63) is 101 Å². The van der Waals surface area contributed by atoms with E-state index in [1.807, 2.05) is 30.3 Å². The number of piperidine rings is 1. The first kappa shape index (κ1) is 25.6. The number of anilines is 1. The Morgan fingerprint density at radius 2 is 1.92 bits per heavy atom. The smallest absolute Gasteiger partial charge is 0.338 e. The zero-order valence-corrected chi connectivity index (χ0v) is 22.1. The summed E-state index contributed by atoms with van der Waals surface area (Å²) in [5.74, 6) is -0.511. The van der Waals surface area contributed by atoms with E-state index >= 15 is 0 Å². The molecule has 0 amide bonds. The number of fused-ring (bicyclic) bond motifs is 1. The number of esters is 1. The van der Waals surface area contributed by atoms with Crippen LogP contribution in [-0.2, 0) is 9.53 Å². The van der Waals surface area contributed by atoms with Crippen LogP contribution in [0.5, 0.6) is 0 Å². The summed E-state index contributed by atoms with van der Waals surface area (Å²) in [6, 6.07) is 13.4. The third-order valence-electron chi connectivity index (χ3n) is 6.84. The first-order valence-electron chi connectivity index (χ1n) is 12.7. The van der Waals surface area contributed by atoms with Gasteiger partial charge in [0.25, 0.3) is 11.2 Å². The van der Waals surface area contributed by atoms with E-state index in [1.165, 1.54) is 28.0 Å². The molecule has 0 bridgehead atoms. The van der Waals surface area contributed by atoms with Gasteiger partial charge in [-0.3, -0.25) is 19.5 Å². The number of aromatic nitrogens is 1. The Bertz CT molecular complexity index is 1600. The lowest BCUT2D eigenvalue weighted by Crippen LogP contribution is -2.40. The number of carbonyl (C=O) groups is 1. The van der Waals surface area contributed by atoms with Crippen LogP contribution >= 0.6 is 11.3 Å². The maximum absolute atomic E-state index is 13.9. The highest BCUT2D eigenvalue weighted by molar-refractivity contribution is 7.07. The summed E-state index contributed by atoms with van der Waals surface area (Å²) in [4.78, 5) is 45.3. The Labute approximate surface area is 223 Å². The van der Waals surface area contributed by atoms with Crippen molar-refractivity contribution in [3.8, 4) is 0 Å². The van der Waals surface area contributed by atoms with Gasteiger partial charge in [0.1, 0.15) is 0 Å². The molecule has 0 saturated carbocycles. The van der Waals surface area contributed by atoms with Crippen molar-refractivity contribution in [3.63, 3.8) is 0 Å². The van der Waals surface area contributed by atoms with Gasteiger partial charge in [-0.15, -0.1) is 0 Å². The van der Waals surface area contributed by atoms with E-state index in [4.69, 9.17) is 4.74 Å². The molecule has 3 aromatic rings. The molecule has 0 radical (unpaired) electrons. The second kappa shape index (κ2) is 10.7. The van der Waals surface area contributed by atoms with Gasteiger partial charge >= 0.3 is 5.97 Å². The highest BCUT2D eigenvalue weighted by Gasteiger charge is 2.33. The van der Waals surface area contributed by atoms with Crippen LogP contribution in [0.15, 0.2) is 69.6 Å². The van der Waals surface area contributed by atoms with Crippen molar-refractivity contribution in [1.29, 1.82) is 0 Å². The molecule has 1 aromatic heterocycles. The molecule has 1 atom stereocenters. The number of hydrogen-bond acceptors (Lipinski definition) is 8. The molecule has 38 heavy (non-hydrogen) atoms. The Kier molecular flexibility index (Phi) is 7.24. The number of nitrogens with zero attached hydrogens (tertiary/aromatic N) is 4. The van der Waals surface area contributed by atoms with Gasteiger partial charge in [-0.05, 0) is 50.8 Å². The molecular formula is C28H28N4O5S. The molecule has 0 aliphatic carbocycles. The molecule has 0 N–H and O–H groups in total. The van der Waals surface area contributed by atoms with Crippen molar-refractivity contribution in [2.75, 3.05) is 24.6 Å². The van der Waals surface area contributed by atoms with Crippen LogP contribution in [-0.4, -0.2) is 35.2 Å². The van der Waals surface area contributed by atoms with Gasteiger partial charge in [0, 0.05) is 36.5 Å². The third-order valence-corrected chi connectivity index (χ3v) is 7.82. The van der Waals surface area contributed by atoms with Crippen molar-refractivity contribution in [2.24, 2.45) is 4.99 Å². The van der Waals surface area contributed by atoms with Gasteiger partial charge < -0.3 is 9.64 Å². The van der Waals surface area contributed by atoms with Crippen molar-refractivity contribution < 1.29 is 14.5 Å². The van der Waals surface area contributed by atoms with E-state index in [0.29, 0.717) is 26.2 Å². The summed E-state index contributed by atoms with van der Waals surface area (Å²) in [6.07, 6.45) is 4.96. The van der Waals surface area contributed by atoms with Gasteiger partial charge in [-0.2, -0.15) is 0 Å². The number of hydrogen-bond donors (Lipinski definition) is 0. The van der Waals surface area contributed by atoms with Crippen molar-refractivity contribution in [1.82, 2.24) is 4.57 Å².